The topological polar surface area (TPSA) is 26.0 Å². The molecule has 0 heterocycles. The van der Waals surface area contributed by atoms with Gasteiger partial charge < -0.3 is 5.73 Å². The van der Waals surface area contributed by atoms with Gasteiger partial charge in [-0.3, -0.25) is 0 Å². The van der Waals surface area contributed by atoms with Crippen molar-refractivity contribution in [1.82, 2.24) is 0 Å². The first-order chi connectivity index (χ1) is 3.56. The summed E-state index contributed by atoms with van der Waals surface area (Å²) in [6.45, 7) is 7.07. The second-order valence-electron chi connectivity index (χ2n) is 3.08. The Balaban J connectivity index is 3.11. The lowest BCUT2D eigenvalue weighted by Gasteiger charge is -2.13. The standard InChI is InChI=1S/C5H15NSSi/c1-8(2,3)5-7-4-6/h4-6H2,1-3H3. The molecule has 0 aliphatic heterocycles. The van der Waals surface area contributed by atoms with Crippen LogP contribution in [0.3, 0.4) is 0 Å². The number of thioether (sulfide) groups is 1. The van der Waals surface area contributed by atoms with Gasteiger partial charge in [-0.2, -0.15) is 0 Å². The van der Waals surface area contributed by atoms with Gasteiger partial charge >= 0.3 is 0 Å². The summed E-state index contributed by atoms with van der Waals surface area (Å²) in [4.78, 5) is 0. The average molecular weight is 149 g/mol. The van der Waals surface area contributed by atoms with Crippen molar-refractivity contribution in [3.63, 3.8) is 0 Å². The molecule has 0 fully saturated rings. The normalized spacial score (nSPS) is 12.0. The SMILES string of the molecule is C[Si](C)(C)CSCN. The van der Waals surface area contributed by atoms with Crippen LogP contribution in [0, 0.1) is 0 Å². The van der Waals surface area contributed by atoms with E-state index in [2.05, 4.69) is 19.6 Å². The Labute approximate surface area is 57.0 Å². The molecular weight excluding hydrogens is 134 g/mol. The smallest absolute Gasteiger partial charge is 0.0548 e. The minimum atomic E-state index is -0.795. The predicted octanol–water partition coefficient (Wildman–Crippen LogP) is 1.51. The highest BCUT2D eigenvalue weighted by atomic mass is 32.2. The Kier molecular flexibility index (Phi) is 3.77. The van der Waals surface area contributed by atoms with E-state index in [-0.39, 0.29) is 0 Å². The highest BCUT2D eigenvalue weighted by Gasteiger charge is 2.10. The molecule has 0 saturated carbocycles. The van der Waals surface area contributed by atoms with Crippen LogP contribution in [-0.2, 0) is 0 Å². The number of rotatable bonds is 3. The lowest BCUT2D eigenvalue weighted by Crippen LogP contribution is -2.24. The summed E-state index contributed by atoms with van der Waals surface area (Å²) in [6.07, 6.45) is 0. The predicted molar refractivity (Wildman–Crippen MR) is 44.9 cm³/mol. The Morgan fingerprint density at radius 1 is 1.38 bits per heavy atom. The summed E-state index contributed by atoms with van der Waals surface area (Å²) in [5.74, 6) is 0.782. The summed E-state index contributed by atoms with van der Waals surface area (Å²) in [7, 11) is -0.795. The van der Waals surface area contributed by atoms with Crippen LogP contribution in [0.5, 0.6) is 0 Å². The molecule has 3 heteroatoms. The molecule has 0 spiro atoms. The maximum atomic E-state index is 5.32. The molecule has 50 valence electrons. The van der Waals surface area contributed by atoms with E-state index in [4.69, 9.17) is 5.73 Å². The Hall–Kier alpha value is 0.527. The van der Waals surface area contributed by atoms with Gasteiger partial charge in [0.05, 0.1) is 8.07 Å². The van der Waals surface area contributed by atoms with Crippen LogP contribution in [0.15, 0.2) is 0 Å². The zero-order chi connectivity index (χ0) is 6.62. The van der Waals surface area contributed by atoms with Crippen molar-refractivity contribution in [2.45, 2.75) is 19.6 Å². The summed E-state index contributed by atoms with van der Waals surface area (Å²) in [5, 5.41) is 1.30. The van der Waals surface area contributed by atoms with Gasteiger partial charge in [-0.1, -0.05) is 19.6 Å². The van der Waals surface area contributed by atoms with E-state index in [1.165, 1.54) is 5.38 Å². The van der Waals surface area contributed by atoms with Crippen molar-refractivity contribution in [2.24, 2.45) is 5.73 Å². The van der Waals surface area contributed by atoms with Crippen molar-refractivity contribution in [1.29, 1.82) is 0 Å². The average Bonchev–Trinajstić information content (AvgIpc) is 1.59. The van der Waals surface area contributed by atoms with E-state index in [1.54, 1.807) is 0 Å². The van der Waals surface area contributed by atoms with Gasteiger partial charge in [0, 0.05) is 5.88 Å². The molecule has 0 aromatic carbocycles. The van der Waals surface area contributed by atoms with Crippen LogP contribution in [0.4, 0.5) is 0 Å². The molecule has 1 nitrogen and oxygen atoms in total. The molecule has 0 aromatic rings. The third-order valence-corrected chi connectivity index (χ3v) is 5.17. The van der Waals surface area contributed by atoms with Crippen LogP contribution in [0.1, 0.15) is 0 Å². The minimum absolute atomic E-state index is 0.782. The third-order valence-electron chi connectivity index (χ3n) is 0.653. The molecule has 2 N–H and O–H groups in total. The molecular formula is C5H15NSSi. The summed E-state index contributed by atoms with van der Waals surface area (Å²) in [6, 6.07) is 0. The number of nitrogens with two attached hydrogens (primary N) is 1. The van der Waals surface area contributed by atoms with Gasteiger partial charge in [-0.05, 0) is 5.38 Å². The monoisotopic (exact) mass is 149 g/mol. The van der Waals surface area contributed by atoms with Gasteiger partial charge in [0.25, 0.3) is 0 Å². The van der Waals surface area contributed by atoms with Gasteiger partial charge in [-0.15, -0.1) is 11.8 Å². The molecule has 0 bridgehead atoms. The zero-order valence-electron chi connectivity index (χ0n) is 5.90. The van der Waals surface area contributed by atoms with Crippen LogP contribution in [-0.4, -0.2) is 19.3 Å². The van der Waals surface area contributed by atoms with Crippen molar-refractivity contribution < 1.29 is 0 Å². The van der Waals surface area contributed by atoms with Gasteiger partial charge in [0.15, 0.2) is 0 Å². The van der Waals surface area contributed by atoms with E-state index in [1.807, 2.05) is 11.8 Å². The van der Waals surface area contributed by atoms with Crippen molar-refractivity contribution >= 4 is 19.8 Å². The van der Waals surface area contributed by atoms with Crippen LogP contribution < -0.4 is 5.73 Å². The Morgan fingerprint density at radius 2 is 1.88 bits per heavy atom. The fourth-order valence-electron chi connectivity index (χ4n) is 0.365. The number of hydrogen-bond acceptors (Lipinski definition) is 2. The molecule has 0 atom stereocenters. The third kappa shape index (κ3) is 6.53. The maximum absolute atomic E-state index is 5.32. The van der Waals surface area contributed by atoms with Crippen molar-refractivity contribution in [3.05, 3.63) is 0 Å². The summed E-state index contributed by atoms with van der Waals surface area (Å²) >= 11 is 1.85. The van der Waals surface area contributed by atoms with Crippen molar-refractivity contribution in [3.8, 4) is 0 Å². The molecule has 0 aromatic heterocycles. The summed E-state index contributed by atoms with van der Waals surface area (Å²) in [5.41, 5.74) is 5.32. The lowest BCUT2D eigenvalue weighted by atomic mass is 11.5. The first-order valence-electron chi connectivity index (χ1n) is 2.84. The van der Waals surface area contributed by atoms with Crippen LogP contribution in [0.2, 0.25) is 19.6 Å². The van der Waals surface area contributed by atoms with E-state index in [9.17, 15) is 0 Å². The minimum Gasteiger partial charge on any atom is -0.322 e. The molecule has 0 aliphatic rings. The van der Waals surface area contributed by atoms with Crippen LogP contribution >= 0.6 is 11.8 Å². The lowest BCUT2D eigenvalue weighted by molar-refractivity contribution is 1.40. The van der Waals surface area contributed by atoms with Crippen LogP contribution in [0.25, 0.3) is 0 Å². The first kappa shape index (κ1) is 8.53. The van der Waals surface area contributed by atoms with E-state index >= 15 is 0 Å². The molecule has 0 aliphatic carbocycles. The highest BCUT2D eigenvalue weighted by Crippen LogP contribution is 2.08. The second kappa shape index (κ2) is 3.53. The summed E-state index contributed by atoms with van der Waals surface area (Å²) < 4.78 is 0. The molecule has 0 unspecified atom stereocenters. The highest BCUT2D eigenvalue weighted by molar-refractivity contribution is 8.00. The largest absolute Gasteiger partial charge is 0.322 e. The quantitative estimate of drug-likeness (QED) is 0.486. The molecule has 0 rings (SSSR count). The second-order valence-corrected chi connectivity index (χ2v) is 10.1. The van der Waals surface area contributed by atoms with E-state index in [0.29, 0.717) is 0 Å². The fourth-order valence-corrected chi connectivity index (χ4v) is 3.29. The van der Waals surface area contributed by atoms with Gasteiger partial charge in [0.1, 0.15) is 0 Å². The van der Waals surface area contributed by atoms with E-state index < -0.39 is 8.07 Å². The first-order valence-corrected chi connectivity index (χ1v) is 7.70. The van der Waals surface area contributed by atoms with Gasteiger partial charge in [0.2, 0.25) is 0 Å². The fraction of sp³-hybridized carbons (Fsp3) is 1.00. The van der Waals surface area contributed by atoms with E-state index in [0.717, 1.165) is 5.88 Å². The zero-order valence-corrected chi connectivity index (χ0v) is 7.72. The number of hydrogen-bond donors (Lipinski definition) is 1. The Morgan fingerprint density at radius 3 is 2.00 bits per heavy atom. The molecule has 0 radical (unpaired) electrons. The molecule has 8 heavy (non-hydrogen) atoms. The van der Waals surface area contributed by atoms with Gasteiger partial charge in [-0.25, -0.2) is 0 Å². The molecule has 0 saturated heterocycles. The maximum Gasteiger partial charge on any atom is 0.0548 e. The van der Waals surface area contributed by atoms with Crippen molar-refractivity contribution in [2.75, 3.05) is 11.3 Å². The Bertz CT molecular complexity index is 59.9. The molecule has 0 amide bonds.